The summed E-state index contributed by atoms with van der Waals surface area (Å²) in [4.78, 5) is 15.1. The van der Waals surface area contributed by atoms with Crippen molar-refractivity contribution in [3.8, 4) is 22.5 Å². The summed E-state index contributed by atoms with van der Waals surface area (Å²) in [6.45, 7) is 9.54. The molecule has 1 aromatic heterocycles. The van der Waals surface area contributed by atoms with Gasteiger partial charge < -0.3 is 9.47 Å². The maximum Gasteiger partial charge on any atom is 0.345 e. The molecule has 35 heavy (non-hydrogen) atoms. The van der Waals surface area contributed by atoms with E-state index in [1.165, 1.54) is 19.9 Å². The van der Waals surface area contributed by atoms with E-state index in [2.05, 4.69) is 61.2 Å². The lowest BCUT2D eigenvalue weighted by atomic mass is 10.1. The Morgan fingerprint density at radius 2 is 1.69 bits per heavy atom. The van der Waals surface area contributed by atoms with Crippen LogP contribution in [-0.2, 0) is 9.53 Å². The van der Waals surface area contributed by atoms with Gasteiger partial charge in [0.15, 0.2) is 26.7 Å². The Bertz CT molecular complexity index is 1450. The topological polar surface area (TPSA) is 35.5 Å². The van der Waals surface area contributed by atoms with Crippen molar-refractivity contribution in [1.82, 2.24) is 0 Å². The number of halogens is 1. The number of rotatable bonds is 5. The van der Waals surface area contributed by atoms with Crippen LogP contribution < -0.4 is 4.74 Å². The van der Waals surface area contributed by atoms with Crippen LogP contribution in [0.5, 0.6) is 5.75 Å². The summed E-state index contributed by atoms with van der Waals surface area (Å²) in [7, 11) is -0.0947. The molecule has 5 heteroatoms. The molecule has 4 aromatic rings. The number of ether oxygens (including phenoxy) is 2. The van der Waals surface area contributed by atoms with Gasteiger partial charge in [0, 0.05) is 51.6 Å². The second-order valence-electron chi connectivity index (χ2n) is 9.02. The highest BCUT2D eigenvalue weighted by Crippen LogP contribution is 2.45. The molecule has 0 spiro atoms. The molecule has 0 aliphatic heterocycles. The van der Waals surface area contributed by atoms with Crippen molar-refractivity contribution >= 4 is 38.1 Å². The Hall–Kier alpha value is -3.26. The van der Waals surface area contributed by atoms with Crippen molar-refractivity contribution in [2.24, 2.45) is 0 Å². The van der Waals surface area contributed by atoms with Gasteiger partial charge in [-0.3, -0.25) is 0 Å². The minimum atomic E-state index is -0.961. The molecule has 0 aliphatic rings. The van der Waals surface area contributed by atoms with Crippen molar-refractivity contribution < 1.29 is 14.3 Å². The highest BCUT2D eigenvalue weighted by atomic mass is 35.5. The third-order valence-electron chi connectivity index (χ3n) is 5.53. The minimum absolute atomic E-state index is 0.0947. The monoisotopic (exact) mass is 503 g/mol. The Labute approximate surface area is 214 Å². The first-order chi connectivity index (χ1) is 16.6. The van der Waals surface area contributed by atoms with Gasteiger partial charge in [-0.25, -0.2) is 4.79 Å². The lowest BCUT2D eigenvalue weighted by Gasteiger charge is -2.19. The molecule has 1 atom stereocenters. The number of thiophene rings is 1. The van der Waals surface area contributed by atoms with Gasteiger partial charge >= 0.3 is 5.97 Å². The Morgan fingerprint density at radius 3 is 2.40 bits per heavy atom. The first-order valence-corrected chi connectivity index (χ1v) is 13.0. The van der Waals surface area contributed by atoms with E-state index < -0.39 is 11.6 Å². The second kappa shape index (κ2) is 10.2. The third-order valence-corrected chi connectivity index (χ3v) is 8.04. The Kier molecular flexibility index (Phi) is 7.21. The van der Waals surface area contributed by atoms with Crippen molar-refractivity contribution in [2.45, 2.75) is 40.2 Å². The van der Waals surface area contributed by atoms with Crippen LogP contribution in [0, 0.1) is 32.6 Å². The minimum Gasteiger partial charge on any atom is -0.481 e. The van der Waals surface area contributed by atoms with Crippen LogP contribution in [0.2, 0.25) is 5.02 Å². The molecule has 0 N–H and O–H groups in total. The third kappa shape index (κ3) is 5.88. The van der Waals surface area contributed by atoms with E-state index in [0.717, 1.165) is 16.7 Å². The van der Waals surface area contributed by atoms with Crippen LogP contribution in [0.15, 0.2) is 66.7 Å². The molecule has 0 bridgehead atoms. The van der Waals surface area contributed by atoms with E-state index in [1.54, 1.807) is 26.0 Å². The molecule has 3 aromatic carbocycles. The predicted molar refractivity (Wildman–Crippen MR) is 146 cm³/mol. The predicted octanol–water partition coefficient (Wildman–Crippen LogP) is 7.91. The number of carbonyl (C=O) groups excluding carboxylic acids is 1. The normalized spacial score (nSPS) is 11.7. The van der Waals surface area contributed by atoms with Gasteiger partial charge in [-0.15, -0.1) is 0 Å². The van der Waals surface area contributed by atoms with Crippen molar-refractivity contribution in [1.29, 1.82) is 0 Å². The maximum absolute atomic E-state index is 12.5. The van der Waals surface area contributed by atoms with Crippen LogP contribution >= 0.6 is 22.1 Å². The lowest BCUT2D eigenvalue weighted by molar-refractivity contribution is -0.154. The average Bonchev–Trinajstić information content (AvgIpc) is 3.12. The number of aryl methyl sites for hydroxylation is 3. The van der Waals surface area contributed by atoms with E-state index in [0.29, 0.717) is 10.8 Å². The van der Waals surface area contributed by atoms with E-state index >= 15 is 0 Å². The van der Waals surface area contributed by atoms with Gasteiger partial charge in [-0.1, -0.05) is 41.6 Å². The first kappa shape index (κ1) is 24.9. The molecule has 0 saturated heterocycles. The summed E-state index contributed by atoms with van der Waals surface area (Å²) in [6, 6.07) is 22.4. The SMILES string of the molecule is Cc1cc(-[s+]2c(C)cc3ccccc32)cc(C)c1OCC(=O)OC(C)(C)C#Cc1cccc(Cl)c1. The molecule has 0 amide bonds. The summed E-state index contributed by atoms with van der Waals surface area (Å²) in [5.74, 6) is 6.25. The highest BCUT2D eigenvalue weighted by molar-refractivity contribution is 7.45. The van der Waals surface area contributed by atoms with Crippen molar-refractivity contribution in [3.05, 3.63) is 93.3 Å². The number of hydrogen-bond donors (Lipinski definition) is 0. The molecule has 3 nitrogen and oxygen atoms in total. The zero-order chi connectivity index (χ0) is 25.2. The van der Waals surface area contributed by atoms with Crippen LogP contribution in [-0.4, -0.2) is 18.2 Å². The molecule has 0 aliphatic carbocycles. The number of hydrogen-bond acceptors (Lipinski definition) is 3. The second-order valence-corrected chi connectivity index (χ2v) is 11.6. The molecule has 0 saturated carbocycles. The molecule has 4 rings (SSSR count). The van der Waals surface area contributed by atoms with Crippen LogP contribution in [0.1, 0.15) is 35.4 Å². The van der Waals surface area contributed by atoms with Gasteiger partial charge in [-0.05, 0) is 69.2 Å². The number of benzene rings is 3. The number of carbonyl (C=O) groups is 1. The van der Waals surface area contributed by atoms with E-state index in [9.17, 15) is 4.79 Å². The maximum atomic E-state index is 12.5. The standard InChI is InChI=1S/C30H28ClO3S/c1-20-15-26(35-22(3)17-24-10-6-7-12-27(24)35)16-21(2)29(20)33-19-28(32)34-30(4,5)14-13-23-9-8-11-25(31)18-23/h6-12,15-18H,19H2,1-5H3/q+1. The highest BCUT2D eigenvalue weighted by Gasteiger charge is 2.24. The van der Waals surface area contributed by atoms with Gasteiger partial charge in [0.05, 0.1) is 0 Å². The molecule has 1 unspecified atom stereocenters. The first-order valence-electron chi connectivity index (χ1n) is 11.4. The zero-order valence-electron chi connectivity index (χ0n) is 20.6. The largest absolute Gasteiger partial charge is 0.481 e. The fourth-order valence-corrected chi connectivity index (χ4v) is 6.64. The Balaban J connectivity index is 1.46. The van der Waals surface area contributed by atoms with Gasteiger partial charge in [0.25, 0.3) is 0 Å². The van der Waals surface area contributed by atoms with Gasteiger partial charge in [0.2, 0.25) is 0 Å². The summed E-state index contributed by atoms with van der Waals surface area (Å²) in [5.41, 5.74) is 1.80. The molecule has 1 heterocycles. The number of esters is 1. The smallest absolute Gasteiger partial charge is 0.345 e. The fourth-order valence-electron chi connectivity index (χ4n) is 4.07. The van der Waals surface area contributed by atoms with Crippen LogP contribution in [0.25, 0.3) is 15.0 Å². The van der Waals surface area contributed by atoms with E-state index in [-0.39, 0.29) is 17.1 Å². The Morgan fingerprint density at radius 1 is 0.971 bits per heavy atom. The fraction of sp³-hybridized carbons (Fsp3) is 0.233. The van der Waals surface area contributed by atoms with Gasteiger partial charge in [0.1, 0.15) is 5.75 Å². The molecular weight excluding hydrogens is 476 g/mol. The molecular formula is C30H28ClO3S+. The molecule has 0 radical (unpaired) electrons. The van der Waals surface area contributed by atoms with Crippen LogP contribution in [0.3, 0.4) is 0 Å². The average molecular weight is 504 g/mol. The quantitative estimate of drug-likeness (QED) is 0.158. The van der Waals surface area contributed by atoms with Gasteiger partial charge in [-0.2, -0.15) is 0 Å². The summed E-state index contributed by atoms with van der Waals surface area (Å²) in [6.07, 6.45) is 0. The van der Waals surface area contributed by atoms with E-state index in [4.69, 9.17) is 21.1 Å². The van der Waals surface area contributed by atoms with Crippen LogP contribution in [0.4, 0.5) is 0 Å². The summed E-state index contributed by atoms with van der Waals surface area (Å²) in [5, 5.41) is 1.90. The molecule has 178 valence electrons. The van der Waals surface area contributed by atoms with Crippen molar-refractivity contribution in [3.63, 3.8) is 0 Å². The molecule has 0 fully saturated rings. The number of fused-ring (bicyclic) bond motifs is 1. The summed E-state index contributed by atoms with van der Waals surface area (Å²) < 4.78 is 12.8. The van der Waals surface area contributed by atoms with Crippen molar-refractivity contribution in [2.75, 3.05) is 6.61 Å². The summed E-state index contributed by atoms with van der Waals surface area (Å²) >= 11 is 6.01. The van der Waals surface area contributed by atoms with E-state index in [1.807, 2.05) is 26.0 Å². The lowest BCUT2D eigenvalue weighted by Crippen LogP contribution is -2.29. The zero-order valence-corrected chi connectivity index (χ0v) is 22.1.